The molecular formula is C23H25ClN4O3. The third kappa shape index (κ3) is 5.62. The molecule has 0 saturated carbocycles. The van der Waals surface area contributed by atoms with E-state index in [4.69, 9.17) is 20.9 Å². The van der Waals surface area contributed by atoms with Gasteiger partial charge in [-0.05, 0) is 62.7 Å². The highest BCUT2D eigenvalue weighted by Crippen LogP contribution is 2.23. The molecule has 1 N–H and O–H groups in total. The molecule has 1 unspecified atom stereocenters. The molecule has 1 amide bonds. The number of benzene rings is 2. The summed E-state index contributed by atoms with van der Waals surface area (Å²) in [6.07, 6.45) is 1.80. The maximum absolute atomic E-state index is 12.8. The van der Waals surface area contributed by atoms with Crippen LogP contribution in [0.3, 0.4) is 0 Å². The van der Waals surface area contributed by atoms with Crippen LogP contribution >= 0.6 is 11.6 Å². The van der Waals surface area contributed by atoms with Crippen molar-refractivity contribution in [1.29, 1.82) is 0 Å². The molecule has 0 radical (unpaired) electrons. The summed E-state index contributed by atoms with van der Waals surface area (Å²) < 4.78 is 10.9. The molecule has 4 rings (SSSR count). The van der Waals surface area contributed by atoms with E-state index in [-0.39, 0.29) is 11.8 Å². The Kier molecular flexibility index (Phi) is 6.84. The van der Waals surface area contributed by atoms with Gasteiger partial charge >= 0.3 is 0 Å². The van der Waals surface area contributed by atoms with Crippen LogP contribution in [0.5, 0.6) is 5.75 Å². The number of rotatable bonds is 7. The van der Waals surface area contributed by atoms with Crippen LogP contribution in [0.15, 0.2) is 53.1 Å². The average Bonchev–Trinajstić information content (AvgIpc) is 3.24. The van der Waals surface area contributed by atoms with Crippen LogP contribution < -0.4 is 10.1 Å². The second kappa shape index (κ2) is 9.94. The molecule has 0 aliphatic carbocycles. The molecule has 2 heterocycles. The SMILES string of the molecule is CCOc1ccc(NC(=O)C2CCCN(Cc3nc(-c4cccc(Cl)c4)no3)C2)cc1. The standard InChI is InChI=1S/C23H25ClN4O3/c1-2-30-20-10-8-19(9-11-20)25-23(29)17-6-4-12-28(14-17)15-21-26-22(27-31-21)16-5-3-7-18(24)13-16/h3,5,7-11,13,17H,2,4,6,12,14-15H2,1H3,(H,25,29). The predicted octanol–water partition coefficient (Wildman–Crippen LogP) is 4.64. The minimum atomic E-state index is -0.0874. The van der Waals surface area contributed by atoms with Crippen molar-refractivity contribution in [2.45, 2.75) is 26.3 Å². The number of nitrogens with zero attached hydrogens (tertiary/aromatic N) is 3. The Balaban J connectivity index is 1.33. The van der Waals surface area contributed by atoms with Gasteiger partial charge in [-0.1, -0.05) is 28.9 Å². The predicted molar refractivity (Wildman–Crippen MR) is 119 cm³/mol. The number of amides is 1. The molecule has 7 nitrogen and oxygen atoms in total. The van der Waals surface area contributed by atoms with Gasteiger partial charge in [0, 0.05) is 22.8 Å². The van der Waals surface area contributed by atoms with Crippen LogP contribution in [0.1, 0.15) is 25.7 Å². The van der Waals surface area contributed by atoms with E-state index in [9.17, 15) is 4.79 Å². The largest absolute Gasteiger partial charge is 0.494 e. The Hall–Kier alpha value is -2.90. The van der Waals surface area contributed by atoms with Crippen molar-refractivity contribution in [1.82, 2.24) is 15.0 Å². The summed E-state index contributed by atoms with van der Waals surface area (Å²) in [5, 5.41) is 7.70. The molecule has 1 aromatic heterocycles. The van der Waals surface area contributed by atoms with E-state index < -0.39 is 0 Å². The number of nitrogens with one attached hydrogen (secondary N) is 1. The highest BCUT2D eigenvalue weighted by atomic mass is 35.5. The maximum atomic E-state index is 12.8. The van der Waals surface area contributed by atoms with Gasteiger partial charge in [-0.3, -0.25) is 9.69 Å². The molecule has 162 valence electrons. The summed E-state index contributed by atoms with van der Waals surface area (Å²) in [6, 6.07) is 14.8. The van der Waals surface area contributed by atoms with E-state index >= 15 is 0 Å². The molecule has 1 aliphatic heterocycles. The number of carbonyl (C=O) groups excluding carboxylic acids is 1. The van der Waals surface area contributed by atoms with Crippen molar-refractivity contribution in [3.8, 4) is 17.1 Å². The van der Waals surface area contributed by atoms with Crippen LogP contribution in [-0.2, 0) is 11.3 Å². The van der Waals surface area contributed by atoms with Crippen LogP contribution in [0.2, 0.25) is 5.02 Å². The Bertz CT molecular complexity index is 1020. The fraction of sp³-hybridized carbons (Fsp3) is 0.348. The third-order valence-electron chi connectivity index (χ3n) is 5.22. The van der Waals surface area contributed by atoms with Crippen LogP contribution in [0, 0.1) is 5.92 Å². The number of hydrogen-bond acceptors (Lipinski definition) is 6. The second-order valence-electron chi connectivity index (χ2n) is 7.54. The van der Waals surface area contributed by atoms with E-state index in [1.807, 2.05) is 43.3 Å². The number of aromatic nitrogens is 2. The van der Waals surface area contributed by atoms with Crippen molar-refractivity contribution in [2.24, 2.45) is 5.92 Å². The average molecular weight is 441 g/mol. The van der Waals surface area contributed by atoms with Gasteiger partial charge in [0.05, 0.1) is 19.1 Å². The van der Waals surface area contributed by atoms with Crippen LogP contribution in [0.4, 0.5) is 5.69 Å². The van der Waals surface area contributed by atoms with Crippen LogP contribution in [-0.4, -0.2) is 40.6 Å². The normalized spacial score (nSPS) is 16.8. The zero-order valence-electron chi connectivity index (χ0n) is 17.4. The zero-order valence-corrected chi connectivity index (χ0v) is 18.1. The smallest absolute Gasteiger partial charge is 0.241 e. The van der Waals surface area contributed by atoms with E-state index in [0.29, 0.717) is 36.4 Å². The molecule has 2 aromatic carbocycles. The Morgan fingerprint density at radius 1 is 1.29 bits per heavy atom. The monoisotopic (exact) mass is 440 g/mol. The highest BCUT2D eigenvalue weighted by molar-refractivity contribution is 6.30. The Labute approximate surface area is 186 Å². The van der Waals surface area contributed by atoms with E-state index in [1.54, 1.807) is 12.1 Å². The second-order valence-corrected chi connectivity index (χ2v) is 7.98. The van der Waals surface area contributed by atoms with Gasteiger partial charge in [0.2, 0.25) is 17.6 Å². The zero-order chi connectivity index (χ0) is 21.6. The lowest BCUT2D eigenvalue weighted by Gasteiger charge is -2.30. The lowest BCUT2D eigenvalue weighted by molar-refractivity contribution is -0.121. The maximum Gasteiger partial charge on any atom is 0.241 e. The quantitative estimate of drug-likeness (QED) is 0.576. The van der Waals surface area contributed by atoms with E-state index in [0.717, 1.165) is 36.4 Å². The van der Waals surface area contributed by atoms with Gasteiger partial charge < -0.3 is 14.6 Å². The lowest BCUT2D eigenvalue weighted by Crippen LogP contribution is -2.40. The number of hydrogen-bond donors (Lipinski definition) is 1. The molecule has 3 aromatic rings. The minimum absolute atomic E-state index is 0.0269. The topological polar surface area (TPSA) is 80.5 Å². The number of ether oxygens (including phenoxy) is 1. The van der Waals surface area contributed by atoms with Crippen molar-refractivity contribution in [3.63, 3.8) is 0 Å². The van der Waals surface area contributed by atoms with Crippen LogP contribution in [0.25, 0.3) is 11.4 Å². The summed E-state index contributed by atoms with van der Waals surface area (Å²) >= 11 is 6.04. The summed E-state index contributed by atoms with van der Waals surface area (Å²) in [4.78, 5) is 19.4. The number of anilines is 1. The van der Waals surface area contributed by atoms with Gasteiger partial charge in [0.15, 0.2) is 0 Å². The molecule has 0 bridgehead atoms. The number of likely N-dealkylation sites (tertiary alicyclic amines) is 1. The highest BCUT2D eigenvalue weighted by Gasteiger charge is 2.27. The summed E-state index contributed by atoms with van der Waals surface area (Å²) in [5.74, 6) is 1.78. The molecule has 31 heavy (non-hydrogen) atoms. The lowest BCUT2D eigenvalue weighted by atomic mass is 9.97. The van der Waals surface area contributed by atoms with Crippen molar-refractivity contribution in [3.05, 3.63) is 59.4 Å². The van der Waals surface area contributed by atoms with E-state index in [1.165, 1.54) is 0 Å². The molecule has 1 fully saturated rings. The van der Waals surface area contributed by atoms with Gasteiger partial charge in [-0.25, -0.2) is 0 Å². The fourth-order valence-electron chi connectivity index (χ4n) is 3.71. The summed E-state index contributed by atoms with van der Waals surface area (Å²) in [5.41, 5.74) is 1.59. The summed E-state index contributed by atoms with van der Waals surface area (Å²) in [6.45, 7) is 4.61. The number of halogens is 1. The van der Waals surface area contributed by atoms with Crippen molar-refractivity contribution in [2.75, 3.05) is 25.0 Å². The molecule has 0 spiro atoms. The molecule has 1 aliphatic rings. The van der Waals surface area contributed by atoms with Gasteiger partial charge in [0.25, 0.3) is 0 Å². The molecule has 8 heteroatoms. The Morgan fingerprint density at radius 3 is 2.90 bits per heavy atom. The van der Waals surface area contributed by atoms with E-state index in [2.05, 4.69) is 20.4 Å². The first kappa shape index (κ1) is 21.3. The number of carbonyl (C=O) groups is 1. The third-order valence-corrected chi connectivity index (χ3v) is 5.45. The first-order chi connectivity index (χ1) is 15.1. The molecule has 1 saturated heterocycles. The fourth-order valence-corrected chi connectivity index (χ4v) is 3.90. The first-order valence-corrected chi connectivity index (χ1v) is 10.8. The molecular weight excluding hydrogens is 416 g/mol. The van der Waals surface area contributed by atoms with Crippen molar-refractivity contribution >= 4 is 23.2 Å². The van der Waals surface area contributed by atoms with Gasteiger partial charge in [-0.2, -0.15) is 4.98 Å². The number of piperidine rings is 1. The minimum Gasteiger partial charge on any atom is -0.494 e. The molecule has 1 atom stereocenters. The Morgan fingerprint density at radius 2 is 2.13 bits per heavy atom. The van der Waals surface area contributed by atoms with Gasteiger partial charge in [0.1, 0.15) is 5.75 Å². The van der Waals surface area contributed by atoms with Gasteiger partial charge in [-0.15, -0.1) is 0 Å². The first-order valence-electron chi connectivity index (χ1n) is 10.5. The summed E-state index contributed by atoms with van der Waals surface area (Å²) in [7, 11) is 0. The van der Waals surface area contributed by atoms with Crippen molar-refractivity contribution < 1.29 is 14.1 Å².